The second-order valence-corrected chi connectivity index (χ2v) is 7.61. The highest BCUT2D eigenvalue weighted by atomic mass is 35.5. The molecule has 0 saturated heterocycles. The molecule has 5 heteroatoms. The zero-order valence-corrected chi connectivity index (χ0v) is 17.4. The Morgan fingerprint density at radius 2 is 1.13 bits per heavy atom. The van der Waals surface area contributed by atoms with Gasteiger partial charge in [0.2, 0.25) is 0 Å². The van der Waals surface area contributed by atoms with Gasteiger partial charge >= 0.3 is 0 Å². The predicted molar refractivity (Wildman–Crippen MR) is 123 cm³/mol. The minimum Gasteiger partial charge on any atom is -0.252 e. The van der Waals surface area contributed by atoms with Gasteiger partial charge in [-0.2, -0.15) is 5.10 Å². The Balaban J connectivity index is 1.80. The maximum Gasteiger partial charge on any atom is 0.151 e. The van der Waals surface area contributed by atoms with Crippen LogP contribution in [0.25, 0.3) is 11.3 Å². The molecule has 0 unspecified atom stereocenters. The molecule has 4 nitrogen and oxygen atoms in total. The highest BCUT2D eigenvalue weighted by molar-refractivity contribution is 6.29. The molecule has 2 heterocycles. The topological polar surface area (TPSA) is 43.6 Å². The van der Waals surface area contributed by atoms with E-state index >= 15 is 0 Å². The van der Waals surface area contributed by atoms with Gasteiger partial charge in [0, 0.05) is 11.8 Å². The first-order valence-corrected chi connectivity index (χ1v) is 10.4. The summed E-state index contributed by atoms with van der Waals surface area (Å²) in [5.74, 6) is 0. The van der Waals surface area contributed by atoms with Gasteiger partial charge in [-0.05, 0) is 28.8 Å². The fraction of sp³-hybridized carbons (Fsp3) is 0.0385. The van der Waals surface area contributed by atoms with E-state index < -0.39 is 5.54 Å². The van der Waals surface area contributed by atoms with Gasteiger partial charge in [-0.1, -0.05) is 103 Å². The summed E-state index contributed by atoms with van der Waals surface area (Å²) in [6.45, 7) is 0. The molecule has 0 N–H and O–H groups in total. The van der Waals surface area contributed by atoms with E-state index in [0.717, 1.165) is 27.9 Å². The molecule has 0 fully saturated rings. The number of rotatable bonds is 5. The highest BCUT2D eigenvalue weighted by Crippen LogP contribution is 2.40. The molecule has 0 spiro atoms. The highest BCUT2D eigenvalue weighted by Gasteiger charge is 2.39. The van der Waals surface area contributed by atoms with E-state index in [2.05, 4.69) is 83.0 Å². The molecule has 0 atom stereocenters. The first-order valence-electron chi connectivity index (χ1n) is 10.00. The molecule has 0 aliphatic heterocycles. The number of hydrogen-bond donors (Lipinski definition) is 0. The van der Waals surface area contributed by atoms with Crippen molar-refractivity contribution in [1.29, 1.82) is 0 Å². The normalized spacial score (nSPS) is 11.4. The van der Waals surface area contributed by atoms with Gasteiger partial charge in [-0.15, -0.1) is 10.2 Å². The van der Waals surface area contributed by atoms with Crippen molar-refractivity contribution in [2.75, 3.05) is 0 Å². The van der Waals surface area contributed by atoms with Crippen molar-refractivity contribution in [3.8, 4) is 11.3 Å². The summed E-state index contributed by atoms with van der Waals surface area (Å²) in [5, 5.41) is 13.4. The lowest BCUT2D eigenvalue weighted by Gasteiger charge is -2.36. The Kier molecular flexibility index (Phi) is 5.06. The van der Waals surface area contributed by atoms with Crippen LogP contribution in [-0.4, -0.2) is 20.0 Å². The van der Waals surface area contributed by atoms with Crippen LogP contribution >= 0.6 is 11.6 Å². The Hall–Kier alpha value is -3.76. The van der Waals surface area contributed by atoms with E-state index in [4.69, 9.17) is 16.7 Å². The predicted octanol–water partition coefficient (Wildman–Crippen LogP) is 5.83. The molecule has 5 aromatic rings. The third-order valence-corrected chi connectivity index (χ3v) is 5.63. The fourth-order valence-corrected chi connectivity index (χ4v) is 4.14. The summed E-state index contributed by atoms with van der Waals surface area (Å²) in [4.78, 5) is 0. The molecular weight excluding hydrogens is 404 g/mol. The summed E-state index contributed by atoms with van der Waals surface area (Å²) >= 11 is 5.92. The first kappa shape index (κ1) is 19.2. The molecule has 0 bridgehead atoms. The lowest BCUT2D eigenvalue weighted by atomic mass is 9.77. The standard InChI is InChI=1S/C26H19ClN4/c27-25-17-16-24(29-30-25)20-18-28-31(19-20)26(21-10-4-1-5-11-21,22-12-6-2-7-13-22)23-14-8-3-9-15-23/h1-19H. The van der Waals surface area contributed by atoms with Crippen molar-refractivity contribution >= 4 is 11.6 Å². The summed E-state index contributed by atoms with van der Waals surface area (Å²) in [6.07, 6.45) is 3.84. The largest absolute Gasteiger partial charge is 0.252 e. The van der Waals surface area contributed by atoms with Crippen LogP contribution < -0.4 is 0 Å². The summed E-state index contributed by atoms with van der Waals surface area (Å²) in [7, 11) is 0. The van der Waals surface area contributed by atoms with Crippen molar-refractivity contribution in [1.82, 2.24) is 20.0 Å². The molecular formula is C26H19ClN4. The van der Waals surface area contributed by atoms with Gasteiger partial charge in [0.1, 0.15) is 5.54 Å². The van der Waals surface area contributed by atoms with Crippen molar-refractivity contribution in [3.05, 3.63) is 137 Å². The third kappa shape index (κ3) is 3.41. The number of aromatic nitrogens is 4. The van der Waals surface area contributed by atoms with Crippen LogP contribution in [0, 0.1) is 0 Å². The van der Waals surface area contributed by atoms with Crippen molar-refractivity contribution in [2.45, 2.75) is 5.54 Å². The monoisotopic (exact) mass is 422 g/mol. The average Bonchev–Trinajstić information content (AvgIpc) is 3.33. The van der Waals surface area contributed by atoms with Crippen LogP contribution in [0.1, 0.15) is 16.7 Å². The van der Waals surface area contributed by atoms with E-state index in [1.165, 1.54) is 0 Å². The Morgan fingerprint density at radius 1 is 0.613 bits per heavy atom. The zero-order valence-electron chi connectivity index (χ0n) is 16.6. The maximum absolute atomic E-state index is 5.92. The molecule has 150 valence electrons. The Morgan fingerprint density at radius 3 is 1.58 bits per heavy atom. The molecule has 31 heavy (non-hydrogen) atoms. The summed E-state index contributed by atoms with van der Waals surface area (Å²) in [5.41, 5.74) is 4.29. The SMILES string of the molecule is Clc1ccc(-c2cnn(C(c3ccccc3)(c3ccccc3)c3ccccc3)c2)nn1. The molecule has 0 saturated carbocycles. The molecule has 0 aliphatic rings. The van der Waals surface area contributed by atoms with Crippen LogP contribution in [0.15, 0.2) is 116 Å². The molecule has 2 aromatic heterocycles. The van der Waals surface area contributed by atoms with E-state index in [1.807, 2.05) is 41.3 Å². The van der Waals surface area contributed by atoms with Crippen LogP contribution in [-0.2, 0) is 5.54 Å². The summed E-state index contributed by atoms with van der Waals surface area (Å²) < 4.78 is 2.01. The minimum absolute atomic E-state index is 0.364. The zero-order chi connectivity index (χ0) is 21.1. The van der Waals surface area contributed by atoms with Crippen LogP contribution in [0.5, 0.6) is 0 Å². The Labute approximate surface area is 185 Å². The van der Waals surface area contributed by atoms with E-state index in [0.29, 0.717) is 5.15 Å². The summed E-state index contributed by atoms with van der Waals surface area (Å²) in [6, 6.07) is 34.9. The number of hydrogen-bond acceptors (Lipinski definition) is 3. The number of nitrogens with zero attached hydrogens (tertiary/aromatic N) is 4. The fourth-order valence-electron chi connectivity index (χ4n) is 4.04. The molecule has 0 aliphatic carbocycles. The van der Waals surface area contributed by atoms with Crippen molar-refractivity contribution < 1.29 is 0 Å². The van der Waals surface area contributed by atoms with Crippen LogP contribution in [0.2, 0.25) is 5.15 Å². The van der Waals surface area contributed by atoms with E-state index in [-0.39, 0.29) is 0 Å². The van der Waals surface area contributed by atoms with Gasteiger partial charge in [0.25, 0.3) is 0 Å². The van der Waals surface area contributed by atoms with Gasteiger partial charge in [-0.25, -0.2) is 0 Å². The smallest absolute Gasteiger partial charge is 0.151 e. The maximum atomic E-state index is 5.92. The van der Waals surface area contributed by atoms with Crippen LogP contribution in [0.4, 0.5) is 0 Å². The minimum atomic E-state index is -0.651. The second kappa shape index (κ2) is 8.17. The second-order valence-electron chi connectivity index (χ2n) is 7.22. The molecule has 0 radical (unpaired) electrons. The number of benzene rings is 3. The lowest BCUT2D eigenvalue weighted by molar-refractivity contribution is 0.460. The lowest BCUT2D eigenvalue weighted by Crippen LogP contribution is -2.38. The molecule has 0 amide bonds. The van der Waals surface area contributed by atoms with Crippen molar-refractivity contribution in [2.24, 2.45) is 0 Å². The Bertz CT molecular complexity index is 1170. The van der Waals surface area contributed by atoms with Gasteiger partial charge in [0.15, 0.2) is 5.15 Å². The van der Waals surface area contributed by atoms with Gasteiger partial charge in [0.05, 0.1) is 11.9 Å². The first-order chi connectivity index (χ1) is 15.3. The molecule has 3 aromatic carbocycles. The van der Waals surface area contributed by atoms with Gasteiger partial charge in [-0.3, -0.25) is 4.68 Å². The van der Waals surface area contributed by atoms with Gasteiger partial charge < -0.3 is 0 Å². The van der Waals surface area contributed by atoms with E-state index in [9.17, 15) is 0 Å². The van der Waals surface area contributed by atoms with E-state index in [1.54, 1.807) is 6.07 Å². The van der Waals surface area contributed by atoms with Crippen LogP contribution in [0.3, 0.4) is 0 Å². The molecule has 5 rings (SSSR count). The number of halogens is 1. The van der Waals surface area contributed by atoms with Crippen molar-refractivity contribution in [3.63, 3.8) is 0 Å². The third-order valence-electron chi connectivity index (χ3n) is 5.43. The average molecular weight is 423 g/mol. The quantitative estimate of drug-likeness (QED) is 0.334.